The zero-order valence-electron chi connectivity index (χ0n) is 8.93. The fourth-order valence-corrected chi connectivity index (χ4v) is 1.19. The normalized spacial score (nSPS) is 11.5. The van der Waals surface area contributed by atoms with E-state index in [1.54, 1.807) is 6.07 Å². The predicted octanol–water partition coefficient (Wildman–Crippen LogP) is 1.05. The van der Waals surface area contributed by atoms with E-state index in [1.807, 2.05) is 13.0 Å². The van der Waals surface area contributed by atoms with Gasteiger partial charge in [0.2, 0.25) is 0 Å². The van der Waals surface area contributed by atoms with Crippen LogP contribution < -0.4 is 16.2 Å². The summed E-state index contributed by atoms with van der Waals surface area (Å²) in [5.41, 5.74) is 11.4. The van der Waals surface area contributed by atoms with E-state index in [4.69, 9.17) is 21.5 Å². The minimum Gasteiger partial charge on any atom is -0.475 e. The Hall–Kier alpha value is -2.22. The summed E-state index contributed by atoms with van der Waals surface area (Å²) in [5.74, 6) is -0.358. The number of hydrogen-bond donors (Lipinski definition) is 2. The number of hydrogen-bond acceptors (Lipinski definition) is 4. The van der Waals surface area contributed by atoms with Crippen LogP contribution in [0.1, 0.15) is 23.7 Å². The Labute approximate surface area is 93.6 Å². The van der Waals surface area contributed by atoms with Gasteiger partial charge in [-0.2, -0.15) is 5.26 Å². The number of primary amides is 1. The van der Waals surface area contributed by atoms with Crippen LogP contribution in [0.25, 0.3) is 0 Å². The van der Waals surface area contributed by atoms with Gasteiger partial charge >= 0.3 is 0 Å². The predicted molar refractivity (Wildman–Crippen MR) is 59.7 cm³/mol. The van der Waals surface area contributed by atoms with Gasteiger partial charge in [-0.25, -0.2) is 0 Å². The van der Waals surface area contributed by atoms with Crippen molar-refractivity contribution in [1.82, 2.24) is 0 Å². The second-order valence-electron chi connectivity index (χ2n) is 3.26. The molecule has 5 nitrogen and oxygen atoms in total. The Morgan fingerprint density at radius 3 is 2.81 bits per heavy atom. The van der Waals surface area contributed by atoms with Gasteiger partial charge in [0, 0.05) is 11.8 Å². The molecule has 0 heterocycles. The van der Waals surface area contributed by atoms with Crippen molar-refractivity contribution in [1.29, 1.82) is 5.26 Å². The molecule has 5 heteroatoms. The van der Waals surface area contributed by atoms with Crippen LogP contribution in [0, 0.1) is 11.3 Å². The first-order valence-electron chi connectivity index (χ1n) is 4.84. The second-order valence-corrected chi connectivity index (χ2v) is 3.26. The van der Waals surface area contributed by atoms with Gasteiger partial charge in [0.15, 0.2) is 6.10 Å². The van der Waals surface area contributed by atoms with Gasteiger partial charge in [-0.05, 0) is 18.6 Å². The Balaban J connectivity index is 3.06. The van der Waals surface area contributed by atoms with E-state index in [0.29, 0.717) is 12.1 Å². The third-order valence-electron chi connectivity index (χ3n) is 2.06. The summed E-state index contributed by atoms with van der Waals surface area (Å²) in [6, 6.07) is 6.50. The lowest BCUT2D eigenvalue weighted by Gasteiger charge is -2.13. The summed E-state index contributed by atoms with van der Waals surface area (Å²) in [6.45, 7) is 1.81. The Bertz CT molecular complexity index is 437. The van der Waals surface area contributed by atoms with Crippen LogP contribution in [0.5, 0.6) is 5.75 Å². The lowest BCUT2D eigenvalue weighted by Crippen LogP contribution is -2.18. The maximum Gasteiger partial charge on any atom is 0.252 e. The molecule has 84 valence electrons. The van der Waals surface area contributed by atoms with E-state index < -0.39 is 12.0 Å². The molecule has 1 amide bonds. The number of nitrogen functional groups attached to an aromatic ring is 1. The van der Waals surface area contributed by atoms with Crippen LogP contribution in [0.4, 0.5) is 5.69 Å². The summed E-state index contributed by atoms with van der Waals surface area (Å²) in [5, 5.41) is 8.76. The van der Waals surface area contributed by atoms with Crippen LogP contribution in [-0.4, -0.2) is 12.0 Å². The number of carbonyl (C=O) groups is 1. The highest BCUT2D eigenvalue weighted by molar-refractivity contribution is 5.96. The van der Waals surface area contributed by atoms with E-state index in [1.165, 1.54) is 12.1 Å². The number of nitriles is 1. The minimum absolute atomic E-state index is 0.225. The van der Waals surface area contributed by atoms with E-state index in [2.05, 4.69) is 0 Å². The molecule has 1 rings (SSSR count). The maximum absolute atomic E-state index is 11.1. The molecule has 1 aromatic rings. The van der Waals surface area contributed by atoms with Crippen LogP contribution >= 0.6 is 0 Å². The van der Waals surface area contributed by atoms with Gasteiger partial charge in [-0.1, -0.05) is 6.92 Å². The maximum atomic E-state index is 11.1. The highest BCUT2D eigenvalue weighted by Gasteiger charge is 2.13. The van der Waals surface area contributed by atoms with Crippen molar-refractivity contribution in [2.75, 3.05) is 5.73 Å². The summed E-state index contributed by atoms with van der Waals surface area (Å²) in [6.07, 6.45) is -0.0938. The standard InChI is InChI=1S/C11H13N3O2/c1-2-8(6-12)16-10-5-7(13)3-4-9(10)11(14)15/h3-5,8H,2,13H2,1H3,(H2,14,15). The van der Waals surface area contributed by atoms with Gasteiger partial charge in [-0.3, -0.25) is 4.79 Å². The summed E-state index contributed by atoms with van der Waals surface area (Å²) < 4.78 is 5.34. The molecule has 16 heavy (non-hydrogen) atoms. The average Bonchev–Trinajstić information content (AvgIpc) is 2.25. The zero-order chi connectivity index (χ0) is 12.1. The number of benzene rings is 1. The zero-order valence-corrected chi connectivity index (χ0v) is 8.93. The van der Waals surface area contributed by atoms with Crippen LogP contribution in [0.3, 0.4) is 0 Å². The monoisotopic (exact) mass is 219 g/mol. The van der Waals surface area contributed by atoms with Crippen molar-refractivity contribution < 1.29 is 9.53 Å². The summed E-state index contributed by atoms with van der Waals surface area (Å²) in [7, 11) is 0. The van der Waals surface area contributed by atoms with Crippen LogP contribution in [0.15, 0.2) is 18.2 Å². The fraction of sp³-hybridized carbons (Fsp3) is 0.273. The average molecular weight is 219 g/mol. The van der Waals surface area contributed by atoms with Crippen molar-refractivity contribution in [2.24, 2.45) is 5.73 Å². The molecule has 0 aliphatic carbocycles. The topological polar surface area (TPSA) is 102 Å². The molecule has 1 aromatic carbocycles. The smallest absolute Gasteiger partial charge is 0.252 e. The van der Waals surface area contributed by atoms with Gasteiger partial charge in [-0.15, -0.1) is 0 Å². The first kappa shape index (κ1) is 11.9. The highest BCUT2D eigenvalue weighted by Crippen LogP contribution is 2.23. The lowest BCUT2D eigenvalue weighted by molar-refractivity contribution is 0.0995. The number of rotatable bonds is 4. The first-order chi connectivity index (χ1) is 7.58. The Kier molecular flexibility index (Phi) is 3.72. The first-order valence-corrected chi connectivity index (χ1v) is 4.84. The molecule has 0 fully saturated rings. The SMILES string of the molecule is CCC(C#N)Oc1cc(N)ccc1C(N)=O. The van der Waals surface area contributed by atoms with Crippen molar-refractivity contribution in [3.63, 3.8) is 0 Å². The third kappa shape index (κ3) is 2.64. The van der Waals surface area contributed by atoms with Gasteiger partial charge in [0.05, 0.1) is 5.56 Å². The molecule has 0 saturated carbocycles. The summed E-state index contributed by atoms with van der Waals surface area (Å²) in [4.78, 5) is 11.1. The van der Waals surface area contributed by atoms with E-state index >= 15 is 0 Å². The Morgan fingerprint density at radius 1 is 1.62 bits per heavy atom. The molecule has 0 aliphatic heterocycles. The van der Waals surface area contributed by atoms with E-state index in [0.717, 1.165) is 0 Å². The molecule has 0 aliphatic rings. The molecular weight excluding hydrogens is 206 g/mol. The molecule has 4 N–H and O–H groups in total. The van der Waals surface area contributed by atoms with Gasteiger partial charge in [0.1, 0.15) is 11.8 Å². The van der Waals surface area contributed by atoms with E-state index in [9.17, 15) is 4.79 Å². The molecule has 1 atom stereocenters. The molecule has 0 spiro atoms. The fourth-order valence-electron chi connectivity index (χ4n) is 1.19. The minimum atomic E-state index is -0.611. The van der Waals surface area contributed by atoms with E-state index in [-0.39, 0.29) is 11.3 Å². The van der Waals surface area contributed by atoms with Crippen molar-refractivity contribution >= 4 is 11.6 Å². The number of anilines is 1. The largest absolute Gasteiger partial charge is 0.475 e. The molecule has 0 bridgehead atoms. The quantitative estimate of drug-likeness (QED) is 0.738. The highest BCUT2D eigenvalue weighted by atomic mass is 16.5. The Morgan fingerprint density at radius 2 is 2.31 bits per heavy atom. The van der Waals surface area contributed by atoms with Gasteiger partial charge in [0.25, 0.3) is 5.91 Å². The number of ether oxygens (including phenoxy) is 1. The number of carbonyl (C=O) groups excluding carboxylic acids is 1. The third-order valence-corrected chi connectivity index (χ3v) is 2.06. The number of nitrogens with two attached hydrogens (primary N) is 2. The summed E-state index contributed by atoms with van der Waals surface area (Å²) >= 11 is 0. The second kappa shape index (κ2) is 5.03. The number of amides is 1. The molecule has 0 aromatic heterocycles. The molecule has 0 saturated heterocycles. The van der Waals surface area contributed by atoms with Crippen molar-refractivity contribution in [3.05, 3.63) is 23.8 Å². The number of nitrogens with zero attached hydrogens (tertiary/aromatic N) is 1. The van der Waals surface area contributed by atoms with Gasteiger partial charge < -0.3 is 16.2 Å². The van der Waals surface area contributed by atoms with Crippen LogP contribution in [-0.2, 0) is 0 Å². The van der Waals surface area contributed by atoms with Crippen LogP contribution in [0.2, 0.25) is 0 Å². The molecular formula is C11H13N3O2. The molecule has 0 radical (unpaired) electrons. The lowest BCUT2D eigenvalue weighted by atomic mass is 10.1. The van der Waals surface area contributed by atoms with Crippen molar-refractivity contribution in [3.8, 4) is 11.8 Å². The molecule has 1 unspecified atom stereocenters. The van der Waals surface area contributed by atoms with Crippen molar-refractivity contribution in [2.45, 2.75) is 19.4 Å².